The molecule has 1 aliphatic heterocycles. The number of hydrogen-bond acceptors (Lipinski definition) is 6. The molecule has 2 unspecified atom stereocenters. The average molecular weight is 350 g/mol. The van der Waals surface area contributed by atoms with Crippen molar-refractivity contribution in [2.45, 2.75) is 24.4 Å². The molecule has 2 atom stereocenters. The normalized spacial score (nSPS) is 18.9. The van der Waals surface area contributed by atoms with Gasteiger partial charge in [-0.3, -0.25) is 4.55 Å². The van der Waals surface area contributed by atoms with Crippen molar-refractivity contribution in [1.82, 2.24) is 0 Å². The molecule has 1 aromatic heterocycles. The summed E-state index contributed by atoms with van der Waals surface area (Å²) in [5, 5.41) is 3.68. The third-order valence-electron chi connectivity index (χ3n) is 2.66. The first-order valence-corrected chi connectivity index (χ1v) is 8.45. The molecule has 0 saturated heterocycles. The van der Waals surface area contributed by atoms with Crippen molar-refractivity contribution in [2.75, 3.05) is 19.8 Å². The molecule has 6 nitrogen and oxygen atoms in total. The molecule has 0 aromatic carbocycles. The number of rotatable bonds is 7. The van der Waals surface area contributed by atoms with E-state index in [1.54, 1.807) is 0 Å². The van der Waals surface area contributed by atoms with E-state index in [9.17, 15) is 12.8 Å². The quantitative estimate of drug-likeness (QED) is 0.452. The van der Waals surface area contributed by atoms with E-state index in [1.165, 1.54) is 11.3 Å². The Hall–Kier alpha value is 0.1000. The summed E-state index contributed by atoms with van der Waals surface area (Å²) < 4.78 is 58.5. The first-order valence-electron chi connectivity index (χ1n) is 6.00. The molecule has 2 rings (SSSR count). The number of fused-ring (bicyclic) bond motifs is 1. The predicted molar refractivity (Wildman–Crippen MR) is 77.9 cm³/mol. The molecule has 10 heteroatoms. The van der Waals surface area contributed by atoms with E-state index in [-0.39, 0.29) is 61.7 Å². The van der Waals surface area contributed by atoms with Gasteiger partial charge in [0, 0.05) is 17.4 Å². The second-order valence-corrected chi connectivity index (χ2v) is 6.58. The molecule has 116 valence electrons. The molecule has 21 heavy (non-hydrogen) atoms. The van der Waals surface area contributed by atoms with Crippen LogP contribution < -0.4 is 9.47 Å². The maximum absolute atomic E-state index is 12.9. The standard InChI is InChI=1S/C11H15FO6S2.Na.H/c12-11(20(13,14)15)2-1-3-16-4-8-5-17-9-6-19-7-10(9)18-8;;/h6-8,11H,1-5H2,(H,13,14,15);;. The average Bonchev–Trinajstić information content (AvgIpc) is 2.84. The molecular weight excluding hydrogens is 334 g/mol. The van der Waals surface area contributed by atoms with Crippen LogP contribution in [0.25, 0.3) is 0 Å². The van der Waals surface area contributed by atoms with Gasteiger partial charge in [0.05, 0.1) is 6.61 Å². The fraction of sp³-hybridized carbons (Fsp3) is 0.636. The van der Waals surface area contributed by atoms with Crippen molar-refractivity contribution in [3.63, 3.8) is 0 Å². The van der Waals surface area contributed by atoms with E-state index >= 15 is 0 Å². The fourth-order valence-electron chi connectivity index (χ4n) is 1.65. The summed E-state index contributed by atoms with van der Waals surface area (Å²) >= 11 is 1.48. The Balaban J connectivity index is 0.00000220. The Labute approximate surface area is 148 Å². The van der Waals surface area contributed by atoms with E-state index in [0.29, 0.717) is 12.4 Å². The van der Waals surface area contributed by atoms with Crippen molar-refractivity contribution < 1.29 is 31.6 Å². The Bertz CT molecular complexity index is 535. The van der Waals surface area contributed by atoms with Crippen LogP contribution in [0.4, 0.5) is 4.39 Å². The van der Waals surface area contributed by atoms with Crippen LogP contribution in [0.15, 0.2) is 10.8 Å². The van der Waals surface area contributed by atoms with Crippen LogP contribution in [0.2, 0.25) is 0 Å². The Kier molecular flexibility index (Phi) is 7.90. The molecule has 0 aliphatic carbocycles. The Morgan fingerprint density at radius 2 is 2.19 bits per heavy atom. The zero-order valence-electron chi connectivity index (χ0n) is 10.5. The van der Waals surface area contributed by atoms with E-state index in [0.717, 1.165) is 5.75 Å². The molecule has 1 aliphatic rings. The molecular formula is C11H16FNaO6S2. The molecule has 0 radical (unpaired) electrons. The summed E-state index contributed by atoms with van der Waals surface area (Å²) in [5.41, 5.74) is -2.26. The molecule has 0 saturated carbocycles. The minimum absolute atomic E-state index is 0. The second-order valence-electron chi connectivity index (χ2n) is 4.29. The van der Waals surface area contributed by atoms with Crippen molar-refractivity contribution >= 4 is 51.0 Å². The van der Waals surface area contributed by atoms with Crippen molar-refractivity contribution in [3.8, 4) is 11.5 Å². The zero-order valence-corrected chi connectivity index (χ0v) is 12.2. The van der Waals surface area contributed by atoms with Gasteiger partial charge in [0.15, 0.2) is 17.6 Å². The number of alkyl halides is 1. The fourth-order valence-corrected chi connectivity index (χ4v) is 2.79. The van der Waals surface area contributed by atoms with Crippen LogP contribution in [0, 0.1) is 0 Å². The molecule has 0 bridgehead atoms. The van der Waals surface area contributed by atoms with Gasteiger partial charge in [0.25, 0.3) is 10.1 Å². The van der Waals surface area contributed by atoms with Crippen LogP contribution >= 0.6 is 11.3 Å². The van der Waals surface area contributed by atoms with Gasteiger partial charge in [-0.1, -0.05) is 0 Å². The summed E-state index contributed by atoms with van der Waals surface area (Å²) in [6.07, 6.45) is -0.340. The van der Waals surface area contributed by atoms with Crippen molar-refractivity contribution in [2.24, 2.45) is 0 Å². The SMILES string of the molecule is O=S(=O)(O)C(F)CCCOCC1COc2cscc2O1.[NaH]. The van der Waals surface area contributed by atoms with E-state index < -0.39 is 15.6 Å². The van der Waals surface area contributed by atoms with Gasteiger partial charge in [-0.25, -0.2) is 4.39 Å². The monoisotopic (exact) mass is 350 g/mol. The number of hydrogen-bond donors (Lipinski definition) is 1. The summed E-state index contributed by atoms with van der Waals surface area (Å²) in [4.78, 5) is 0. The van der Waals surface area contributed by atoms with E-state index in [2.05, 4.69) is 0 Å². The Morgan fingerprint density at radius 1 is 1.48 bits per heavy atom. The van der Waals surface area contributed by atoms with Crippen LogP contribution in [-0.4, -0.2) is 74.0 Å². The minimum atomic E-state index is -4.60. The first-order chi connectivity index (χ1) is 9.47. The molecule has 1 N–H and O–H groups in total. The van der Waals surface area contributed by atoms with Gasteiger partial charge < -0.3 is 14.2 Å². The van der Waals surface area contributed by atoms with E-state index in [4.69, 9.17) is 18.8 Å². The third-order valence-corrected chi connectivity index (χ3v) is 4.24. The zero-order chi connectivity index (χ0) is 14.6. The second kappa shape index (κ2) is 8.66. The third kappa shape index (κ3) is 6.01. The molecule has 0 amide bonds. The van der Waals surface area contributed by atoms with Gasteiger partial charge in [-0.2, -0.15) is 8.42 Å². The Morgan fingerprint density at radius 3 is 2.90 bits per heavy atom. The van der Waals surface area contributed by atoms with Gasteiger partial charge in [-0.05, 0) is 12.8 Å². The van der Waals surface area contributed by atoms with Crippen molar-refractivity contribution in [1.29, 1.82) is 0 Å². The van der Waals surface area contributed by atoms with E-state index in [1.807, 2.05) is 10.8 Å². The van der Waals surface area contributed by atoms with Gasteiger partial charge >= 0.3 is 29.6 Å². The molecule has 2 heterocycles. The predicted octanol–water partition coefficient (Wildman–Crippen LogP) is 1.22. The summed E-state index contributed by atoms with van der Waals surface area (Å²) in [7, 11) is -4.60. The molecule has 0 fully saturated rings. The van der Waals surface area contributed by atoms with Crippen LogP contribution in [0.1, 0.15) is 12.8 Å². The topological polar surface area (TPSA) is 82.1 Å². The van der Waals surface area contributed by atoms with Gasteiger partial charge in [0.2, 0.25) is 5.50 Å². The number of ether oxygens (including phenoxy) is 3. The summed E-state index contributed by atoms with van der Waals surface area (Å²) in [5.74, 6) is 1.41. The van der Waals surface area contributed by atoms with Crippen LogP contribution in [0.3, 0.4) is 0 Å². The molecule has 1 aromatic rings. The summed E-state index contributed by atoms with van der Waals surface area (Å²) in [6.45, 7) is 0.838. The van der Waals surface area contributed by atoms with Crippen molar-refractivity contribution in [3.05, 3.63) is 10.8 Å². The van der Waals surface area contributed by atoms with Gasteiger partial charge in [0.1, 0.15) is 6.61 Å². The molecule has 0 spiro atoms. The number of thiophene rings is 1. The van der Waals surface area contributed by atoms with Crippen LogP contribution in [0.5, 0.6) is 11.5 Å². The summed E-state index contributed by atoms with van der Waals surface area (Å²) in [6, 6.07) is 0. The van der Waals surface area contributed by atoms with Crippen LogP contribution in [-0.2, 0) is 14.9 Å². The first kappa shape index (κ1) is 19.1. The van der Waals surface area contributed by atoms with Gasteiger partial charge in [-0.15, -0.1) is 11.3 Å². The number of halogens is 1. The maximum atomic E-state index is 12.9.